The number of furan rings is 1. The van der Waals surface area contributed by atoms with Crippen LogP contribution in [0.2, 0.25) is 0 Å². The number of aryl methyl sites for hydroxylation is 1. The van der Waals surface area contributed by atoms with Crippen molar-refractivity contribution in [3.63, 3.8) is 0 Å². The van der Waals surface area contributed by atoms with Gasteiger partial charge in [0.25, 0.3) is 0 Å². The van der Waals surface area contributed by atoms with Gasteiger partial charge in [-0.3, -0.25) is 9.89 Å². The lowest BCUT2D eigenvalue weighted by Crippen LogP contribution is -2.43. The zero-order valence-electron chi connectivity index (χ0n) is 18.5. The number of fused-ring (bicyclic) bond motifs is 1. The largest absolute Gasteiger partial charge is 0.467 e. The van der Waals surface area contributed by atoms with Crippen LogP contribution in [0, 0.1) is 0 Å². The summed E-state index contributed by atoms with van der Waals surface area (Å²) in [5, 5.41) is 13.9. The second-order valence-corrected chi connectivity index (χ2v) is 8.79. The maximum absolute atomic E-state index is 12.9. The number of rotatable bonds is 7. The molecule has 3 aromatic heterocycles. The van der Waals surface area contributed by atoms with Crippen LogP contribution in [0.1, 0.15) is 61.7 Å². The summed E-state index contributed by atoms with van der Waals surface area (Å²) in [6.45, 7) is 5.40. The standard InChI is InChI=1S/C23H29N7O2/c1-14(2)18-12-20(29-28-18)26-21-16-7-3-8-17(16)25-23(27-21)30-10-4-9-19(30)22(31)24-13-15-6-5-11-32-15/h5-6,11-12,14,19H,3-4,7-10,13H2,1-2H3,(H,24,31)(H2,25,26,27,28,29)/t19-/m1/s1. The fraction of sp³-hybridized carbons (Fsp3) is 0.478. The molecule has 5 rings (SSSR count). The fourth-order valence-electron chi connectivity index (χ4n) is 4.45. The Hall–Kier alpha value is -3.36. The van der Waals surface area contributed by atoms with Gasteiger partial charge in [0.05, 0.1) is 18.5 Å². The van der Waals surface area contributed by atoms with Gasteiger partial charge in [-0.1, -0.05) is 13.8 Å². The van der Waals surface area contributed by atoms with Crippen molar-refractivity contribution < 1.29 is 9.21 Å². The summed E-state index contributed by atoms with van der Waals surface area (Å²) in [6.07, 6.45) is 6.27. The van der Waals surface area contributed by atoms with Crippen LogP contribution in [-0.4, -0.2) is 38.7 Å². The normalized spacial score (nSPS) is 17.7. The smallest absolute Gasteiger partial charge is 0.243 e. The van der Waals surface area contributed by atoms with E-state index in [9.17, 15) is 4.79 Å². The van der Waals surface area contributed by atoms with Gasteiger partial charge in [-0.05, 0) is 50.2 Å². The van der Waals surface area contributed by atoms with Gasteiger partial charge in [0.2, 0.25) is 11.9 Å². The second kappa shape index (κ2) is 8.64. The number of anilines is 3. The Balaban J connectivity index is 1.37. The molecule has 0 unspecified atom stereocenters. The molecule has 168 valence electrons. The van der Waals surface area contributed by atoms with Crippen LogP contribution in [0.3, 0.4) is 0 Å². The van der Waals surface area contributed by atoms with Crippen LogP contribution in [-0.2, 0) is 24.2 Å². The van der Waals surface area contributed by atoms with E-state index < -0.39 is 0 Å². The number of aromatic nitrogens is 4. The van der Waals surface area contributed by atoms with Crippen LogP contribution in [0.15, 0.2) is 28.9 Å². The number of nitrogens with one attached hydrogen (secondary N) is 3. The summed E-state index contributed by atoms with van der Waals surface area (Å²) in [6, 6.07) is 5.41. The van der Waals surface area contributed by atoms with Gasteiger partial charge in [0.1, 0.15) is 17.6 Å². The van der Waals surface area contributed by atoms with E-state index in [1.807, 2.05) is 23.1 Å². The first-order valence-corrected chi connectivity index (χ1v) is 11.4. The third-order valence-electron chi connectivity index (χ3n) is 6.22. The highest BCUT2D eigenvalue weighted by molar-refractivity contribution is 5.85. The summed E-state index contributed by atoms with van der Waals surface area (Å²) >= 11 is 0. The summed E-state index contributed by atoms with van der Waals surface area (Å²) in [5.74, 6) is 3.25. The molecule has 0 saturated carbocycles. The number of H-pyrrole nitrogens is 1. The molecule has 1 aliphatic heterocycles. The van der Waals surface area contributed by atoms with E-state index in [0.717, 1.165) is 73.0 Å². The maximum atomic E-state index is 12.9. The van der Waals surface area contributed by atoms with Crippen LogP contribution in [0.5, 0.6) is 0 Å². The number of hydrogen-bond donors (Lipinski definition) is 3. The van der Waals surface area contributed by atoms with Crippen LogP contribution in [0.25, 0.3) is 0 Å². The molecular weight excluding hydrogens is 406 g/mol. The second-order valence-electron chi connectivity index (χ2n) is 8.79. The highest BCUT2D eigenvalue weighted by atomic mass is 16.3. The van der Waals surface area contributed by atoms with Crippen molar-refractivity contribution in [1.29, 1.82) is 0 Å². The van der Waals surface area contributed by atoms with Crippen molar-refractivity contribution in [2.24, 2.45) is 0 Å². The molecule has 32 heavy (non-hydrogen) atoms. The minimum atomic E-state index is -0.282. The SMILES string of the molecule is CC(C)c1cc(Nc2nc(N3CCC[C@@H]3C(=O)NCc3ccco3)nc3c2CCC3)n[nH]1. The van der Waals surface area contributed by atoms with E-state index in [4.69, 9.17) is 14.4 Å². The lowest BCUT2D eigenvalue weighted by Gasteiger charge is -2.25. The molecular formula is C23H29N7O2. The molecule has 1 saturated heterocycles. The summed E-state index contributed by atoms with van der Waals surface area (Å²) in [4.78, 5) is 24.7. The Morgan fingerprint density at radius 2 is 2.22 bits per heavy atom. The van der Waals surface area contributed by atoms with Gasteiger partial charge in [0, 0.05) is 23.9 Å². The Kier molecular flexibility index (Phi) is 5.55. The first kappa shape index (κ1) is 20.5. The molecule has 3 N–H and O–H groups in total. The Bertz CT molecular complexity index is 1090. The predicted molar refractivity (Wildman–Crippen MR) is 121 cm³/mol. The van der Waals surface area contributed by atoms with Crippen molar-refractivity contribution >= 4 is 23.5 Å². The van der Waals surface area contributed by atoms with E-state index in [1.165, 1.54) is 0 Å². The molecule has 0 bridgehead atoms. The van der Waals surface area contributed by atoms with Crippen molar-refractivity contribution in [3.8, 4) is 0 Å². The number of aromatic amines is 1. The quantitative estimate of drug-likeness (QED) is 0.521. The van der Waals surface area contributed by atoms with Crippen molar-refractivity contribution in [3.05, 3.63) is 47.2 Å². The van der Waals surface area contributed by atoms with E-state index in [2.05, 4.69) is 34.7 Å². The summed E-state index contributed by atoms with van der Waals surface area (Å²) < 4.78 is 5.33. The molecule has 4 heterocycles. The summed E-state index contributed by atoms with van der Waals surface area (Å²) in [7, 11) is 0. The van der Waals surface area contributed by atoms with Crippen molar-refractivity contribution in [1.82, 2.24) is 25.5 Å². The first-order valence-electron chi connectivity index (χ1n) is 11.4. The monoisotopic (exact) mass is 435 g/mol. The van der Waals surface area contributed by atoms with Crippen LogP contribution in [0.4, 0.5) is 17.6 Å². The lowest BCUT2D eigenvalue weighted by molar-refractivity contribution is -0.122. The number of carbonyl (C=O) groups is 1. The average Bonchev–Trinajstić information content (AvgIpc) is 3.58. The number of carbonyl (C=O) groups excluding carboxylic acids is 1. The molecule has 0 spiro atoms. The van der Waals surface area contributed by atoms with E-state index in [1.54, 1.807) is 6.26 Å². The molecule has 9 heteroatoms. The van der Waals surface area contributed by atoms with Crippen molar-refractivity contribution in [2.45, 2.75) is 64.5 Å². The van der Waals surface area contributed by atoms with Gasteiger partial charge >= 0.3 is 0 Å². The maximum Gasteiger partial charge on any atom is 0.243 e. The topological polar surface area (TPSA) is 112 Å². The van der Waals surface area contributed by atoms with Gasteiger partial charge in [-0.2, -0.15) is 10.1 Å². The van der Waals surface area contributed by atoms with Crippen molar-refractivity contribution in [2.75, 3.05) is 16.8 Å². The molecule has 3 aromatic rings. The average molecular weight is 436 g/mol. The Morgan fingerprint density at radius 3 is 3.00 bits per heavy atom. The van der Waals surface area contributed by atoms with Gasteiger partial charge in [0.15, 0.2) is 5.82 Å². The fourth-order valence-corrected chi connectivity index (χ4v) is 4.45. The van der Waals surface area contributed by atoms with Gasteiger partial charge in [-0.25, -0.2) is 4.98 Å². The lowest BCUT2D eigenvalue weighted by atomic mass is 10.1. The number of hydrogen-bond acceptors (Lipinski definition) is 7. The van der Waals surface area contributed by atoms with Gasteiger partial charge < -0.3 is 20.0 Å². The Labute approximate surface area is 187 Å². The minimum absolute atomic E-state index is 0.0219. The highest BCUT2D eigenvalue weighted by Gasteiger charge is 2.34. The van der Waals surface area contributed by atoms with Crippen LogP contribution >= 0.6 is 0 Å². The third-order valence-corrected chi connectivity index (χ3v) is 6.22. The predicted octanol–water partition coefficient (Wildman–Crippen LogP) is 3.43. The zero-order valence-corrected chi connectivity index (χ0v) is 18.5. The minimum Gasteiger partial charge on any atom is -0.467 e. The number of amides is 1. The van der Waals surface area contributed by atoms with E-state index in [-0.39, 0.29) is 11.9 Å². The van der Waals surface area contributed by atoms with Crippen LogP contribution < -0.4 is 15.5 Å². The molecule has 1 atom stereocenters. The summed E-state index contributed by atoms with van der Waals surface area (Å²) in [5.41, 5.74) is 3.30. The van der Waals surface area contributed by atoms with E-state index in [0.29, 0.717) is 18.4 Å². The molecule has 1 aliphatic carbocycles. The highest BCUT2D eigenvalue weighted by Crippen LogP contribution is 2.32. The molecule has 1 amide bonds. The molecule has 0 radical (unpaired) electrons. The molecule has 1 fully saturated rings. The van der Waals surface area contributed by atoms with E-state index >= 15 is 0 Å². The third kappa shape index (κ3) is 4.06. The van der Waals surface area contributed by atoms with Gasteiger partial charge in [-0.15, -0.1) is 0 Å². The zero-order chi connectivity index (χ0) is 22.1. The first-order chi connectivity index (χ1) is 15.6. The molecule has 0 aromatic carbocycles. The molecule has 9 nitrogen and oxygen atoms in total. The molecule has 2 aliphatic rings. The number of nitrogens with zero attached hydrogens (tertiary/aromatic N) is 4. The Morgan fingerprint density at radius 1 is 1.31 bits per heavy atom.